The van der Waals surface area contributed by atoms with Crippen molar-refractivity contribution in [1.29, 1.82) is 0 Å². The summed E-state index contributed by atoms with van der Waals surface area (Å²) in [7, 11) is 0. The molecule has 0 saturated carbocycles. The lowest BCUT2D eigenvalue weighted by Gasteiger charge is -2.21. The molecule has 2 heterocycles. The van der Waals surface area contributed by atoms with Gasteiger partial charge in [0.1, 0.15) is 13.2 Å². The third-order valence-electron chi connectivity index (χ3n) is 4.69. The van der Waals surface area contributed by atoms with E-state index in [9.17, 15) is 24.0 Å². The number of benzene rings is 1. The van der Waals surface area contributed by atoms with Crippen molar-refractivity contribution in [2.24, 2.45) is 0 Å². The minimum absolute atomic E-state index is 0.0664. The first-order chi connectivity index (χ1) is 14.9. The van der Waals surface area contributed by atoms with E-state index in [1.165, 1.54) is 0 Å². The fourth-order valence-corrected chi connectivity index (χ4v) is 3.20. The molecule has 1 aromatic carbocycles. The Morgan fingerprint density at radius 2 is 1.81 bits per heavy atom. The zero-order chi connectivity index (χ0) is 22.5. The Morgan fingerprint density at radius 1 is 1.06 bits per heavy atom. The van der Waals surface area contributed by atoms with Crippen molar-refractivity contribution in [3.8, 4) is 0 Å². The maximum Gasteiger partial charge on any atom is 0.337 e. The Hall–Kier alpha value is -3.89. The number of hydrogen-bond donors (Lipinski definition) is 2. The molecule has 11 heteroatoms. The van der Waals surface area contributed by atoms with Crippen LogP contribution in [0.3, 0.4) is 0 Å². The van der Waals surface area contributed by atoms with Crippen molar-refractivity contribution < 1.29 is 23.9 Å². The van der Waals surface area contributed by atoms with Crippen molar-refractivity contribution in [1.82, 2.24) is 19.8 Å². The predicted octanol–water partition coefficient (Wildman–Crippen LogP) is -0.144. The maximum absolute atomic E-state index is 12.7. The van der Waals surface area contributed by atoms with Gasteiger partial charge in [-0.05, 0) is 26.0 Å². The third-order valence-corrected chi connectivity index (χ3v) is 4.69. The number of rotatable bonds is 7. The Bertz CT molecular complexity index is 1190. The number of nitrogens with zero attached hydrogens (tertiary/aromatic N) is 2. The summed E-state index contributed by atoms with van der Waals surface area (Å²) in [5.74, 6) is -1.42. The number of nitrogens with one attached hydrogen (secondary N) is 2. The van der Waals surface area contributed by atoms with E-state index in [0.717, 1.165) is 9.13 Å². The van der Waals surface area contributed by atoms with E-state index in [4.69, 9.17) is 9.47 Å². The Morgan fingerprint density at radius 3 is 2.52 bits per heavy atom. The minimum Gasteiger partial charge on any atom is -0.463 e. The summed E-state index contributed by atoms with van der Waals surface area (Å²) in [6.45, 7) is 2.69. The highest BCUT2D eigenvalue weighted by atomic mass is 16.5. The standard InChI is InChI=1S/C20H22N4O7/c1-3-23-17(26)12-7-5-6-8-15(12)24(20(23)29)10-16(25)31-11-14-13(18(27)30-4-2)9-21-19(28)22-14/h5-8H,3-4,9-11H2,1-2H3,(H2,21,22,28). The van der Waals surface area contributed by atoms with E-state index in [1.807, 2.05) is 0 Å². The van der Waals surface area contributed by atoms with Crippen LogP contribution in [0.1, 0.15) is 13.8 Å². The molecule has 3 rings (SSSR count). The molecule has 0 atom stereocenters. The first-order valence-electron chi connectivity index (χ1n) is 9.69. The summed E-state index contributed by atoms with van der Waals surface area (Å²) < 4.78 is 12.3. The molecule has 1 aliphatic rings. The van der Waals surface area contributed by atoms with Gasteiger partial charge >= 0.3 is 23.7 Å². The van der Waals surface area contributed by atoms with E-state index < -0.39 is 35.8 Å². The summed E-state index contributed by atoms with van der Waals surface area (Å²) in [5.41, 5.74) is -0.525. The van der Waals surface area contributed by atoms with Crippen LogP contribution >= 0.6 is 0 Å². The summed E-state index contributed by atoms with van der Waals surface area (Å²) >= 11 is 0. The topological polar surface area (TPSA) is 138 Å². The lowest BCUT2D eigenvalue weighted by Crippen LogP contribution is -2.45. The number of esters is 2. The first kappa shape index (κ1) is 21.8. The molecule has 2 N–H and O–H groups in total. The molecule has 2 amide bonds. The number of amides is 2. The van der Waals surface area contributed by atoms with Crippen LogP contribution in [0, 0.1) is 0 Å². The summed E-state index contributed by atoms with van der Waals surface area (Å²) in [4.78, 5) is 61.3. The Kier molecular flexibility index (Phi) is 6.53. The minimum atomic E-state index is -0.781. The highest BCUT2D eigenvalue weighted by Crippen LogP contribution is 2.10. The van der Waals surface area contributed by atoms with E-state index in [2.05, 4.69) is 10.6 Å². The fraction of sp³-hybridized carbons (Fsp3) is 0.350. The second-order valence-corrected chi connectivity index (χ2v) is 6.58. The number of para-hydroxylation sites is 1. The van der Waals surface area contributed by atoms with Crippen LogP contribution in [0.5, 0.6) is 0 Å². The molecule has 0 radical (unpaired) electrons. The molecule has 0 saturated heterocycles. The van der Waals surface area contributed by atoms with Gasteiger partial charge in [-0.15, -0.1) is 0 Å². The number of ether oxygens (including phenoxy) is 2. The maximum atomic E-state index is 12.7. The average molecular weight is 430 g/mol. The molecule has 1 aromatic heterocycles. The third kappa shape index (κ3) is 4.49. The van der Waals surface area contributed by atoms with E-state index in [-0.39, 0.29) is 37.6 Å². The Labute approximate surface area is 176 Å². The number of carbonyl (C=O) groups excluding carboxylic acids is 3. The van der Waals surface area contributed by atoms with Crippen LogP contribution in [0.2, 0.25) is 0 Å². The summed E-state index contributed by atoms with van der Waals surface area (Å²) in [6, 6.07) is 5.92. The molecule has 2 aromatic rings. The van der Waals surface area contributed by atoms with Gasteiger partial charge < -0.3 is 20.1 Å². The molecule has 0 bridgehead atoms. The highest BCUT2D eigenvalue weighted by molar-refractivity contribution is 5.93. The van der Waals surface area contributed by atoms with Crippen LogP contribution in [0.25, 0.3) is 10.9 Å². The van der Waals surface area contributed by atoms with E-state index in [0.29, 0.717) is 10.9 Å². The van der Waals surface area contributed by atoms with Gasteiger partial charge in [-0.3, -0.25) is 18.7 Å². The lowest BCUT2D eigenvalue weighted by molar-refractivity contribution is -0.144. The molecular weight excluding hydrogens is 408 g/mol. The number of aromatic nitrogens is 2. The van der Waals surface area contributed by atoms with Gasteiger partial charge in [0.2, 0.25) is 0 Å². The molecule has 0 unspecified atom stereocenters. The van der Waals surface area contributed by atoms with E-state index in [1.54, 1.807) is 38.1 Å². The van der Waals surface area contributed by atoms with Crippen LogP contribution in [0.4, 0.5) is 4.79 Å². The molecule has 1 aliphatic heterocycles. The van der Waals surface area contributed by atoms with Crippen molar-refractivity contribution in [3.05, 3.63) is 56.4 Å². The fourth-order valence-electron chi connectivity index (χ4n) is 3.20. The highest BCUT2D eigenvalue weighted by Gasteiger charge is 2.25. The van der Waals surface area contributed by atoms with Gasteiger partial charge in [0.05, 0.1) is 35.3 Å². The van der Waals surface area contributed by atoms with Gasteiger partial charge in [0.15, 0.2) is 0 Å². The van der Waals surface area contributed by atoms with Crippen LogP contribution in [0.15, 0.2) is 45.1 Å². The number of carbonyl (C=O) groups is 3. The zero-order valence-corrected chi connectivity index (χ0v) is 17.1. The average Bonchev–Trinajstić information content (AvgIpc) is 2.76. The molecule has 11 nitrogen and oxygen atoms in total. The molecule has 164 valence electrons. The largest absolute Gasteiger partial charge is 0.463 e. The lowest BCUT2D eigenvalue weighted by atomic mass is 10.2. The van der Waals surface area contributed by atoms with Gasteiger partial charge in [0.25, 0.3) is 5.56 Å². The SMILES string of the molecule is CCOC(=O)C1=C(COC(=O)Cn2c(=O)n(CC)c(=O)c3ccccc32)NC(=O)NC1. The molecular formula is C20H22N4O7. The van der Waals surface area contributed by atoms with Crippen LogP contribution < -0.4 is 21.9 Å². The van der Waals surface area contributed by atoms with Crippen molar-refractivity contribution in [2.45, 2.75) is 26.9 Å². The van der Waals surface area contributed by atoms with Gasteiger partial charge in [-0.1, -0.05) is 12.1 Å². The monoisotopic (exact) mass is 430 g/mol. The second kappa shape index (κ2) is 9.28. The second-order valence-electron chi connectivity index (χ2n) is 6.58. The molecule has 0 spiro atoms. The number of hydrogen-bond acceptors (Lipinski definition) is 7. The Balaban J connectivity index is 1.85. The smallest absolute Gasteiger partial charge is 0.337 e. The van der Waals surface area contributed by atoms with Crippen molar-refractivity contribution >= 4 is 28.9 Å². The molecule has 0 aliphatic carbocycles. The predicted molar refractivity (Wildman–Crippen MR) is 109 cm³/mol. The normalized spacial score (nSPS) is 13.5. The number of urea groups is 1. The van der Waals surface area contributed by atoms with Crippen LogP contribution in [-0.2, 0) is 32.2 Å². The zero-order valence-electron chi connectivity index (χ0n) is 17.1. The van der Waals surface area contributed by atoms with E-state index >= 15 is 0 Å². The van der Waals surface area contributed by atoms with Crippen molar-refractivity contribution in [3.63, 3.8) is 0 Å². The number of fused-ring (bicyclic) bond motifs is 1. The molecule has 0 fully saturated rings. The van der Waals surface area contributed by atoms with Crippen LogP contribution in [-0.4, -0.2) is 46.9 Å². The summed E-state index contributed by atoms with van der Waals surface area (Å²) in [5, 5.41) is 5.18. The van der Waals surface area contributed by atoms with Gasteiger partial charge in [-0.25, -0.2) is 14.4 Å². The summed E-state index contributed by atoms with van der Waals surface area (Å²) in [6.07, 6.45) is 0. The first-order valence-corrected chi connectivity index (χ1v) is 9.69. The van der Waals surface area contributed by atoms with Gasteiger partial charge in [0, 0.05) is 6.54 Å². The van der Waals surface area contributed by atoms with Gasteiger partial charge in [-0.2, -0.15) is 0 Å². The van der Waals surface area contributed by atoms with Crippen molar-refractivity contribution in [2.75, 3.05) is 19.8 Å². The molecule has 31 heavy (non-hydrogen) atoms. The quantitative estimate of drug-likeness (QED) is 0.583.